The molecule has 4 aliphatic carbocycles. The second kappa shape index (κ2) is 11.8. The molecular weight excluding hydrogens is 727 g/mol. The standard InChI is InChI=1S/C25H29BrF2O7.C2HBrClF3/c1-12(29)34-11-21(33)24(35-13(2)30)6-5-14-15-7-18(27)16-8-19(31)17(26)9-23(16,4)25(15,28)20(32)10-22(14,24)3;3-1(4)2(5,6)7/h8-9,14-15,18,20,32H,5-7,10-11H2,1-4H3;1H/t14-,15-,18+,20-,22-,23-,24-,25-;/m0./s1. The van der Waals surface area contributed by atoms with Crippen LogP contribution in [-0.4, -0.2) is 69.2 Å². The Labute approximate surface area is 260 Å². The first-order chi connectivity index (χ1) is 19.1. The number of rotatable bonds is 4. The average molecular weight is 757 g/mol. The Balaban J connectivity index is 0.000000616. The number of alkyl halides is 7. The summed E-state index contributed by atoms with van der Waals surface area (Å²) in [6.07, 6.45) is -5.43. The van der Waals surface area contributed by atoms with Crippen molar-refractivity contribution in [1.82, 2.24) is 0 Å². The monoisotopic (exact) mass is 754 g/mol. The number of aliphatic hydroxyl groups excluding tert-OH is 1. The topological polar surface area (TPSA) is 107 Å². The molecule has 0 aromatic heterocycles. The van der Waals surface area contributed by atoms with E-state index in [1.807, 2.05) is 0 Å². The van der Waals surface area contributed by atoms with Crippen LogP contribution in [0.4, 0.5) is 22.0 Å². The number of carbonyl (C=O) groups is 4. The number of allylic oxidation sites excluding steroid dienone is 4. The minimum atomic E-state index is -4.32. The number of ether oxygens (including phenoxy) is 2. The molecule has 0 saturated heterocycles. The molecule has 3 saturated carbocycles. The highest BCUT2D eigenvalue weighted by Gasteiger charge is 2.76. The summed E-state index contributed by atoms with van der Waals surface area (Å²) < 4.78 is 74.6. The Kier molecular flexibility index (Phi) is 9.90. The molecule has 0 heterocycles. The van der Waals surface area contributed by atoms with Gasteiger partial charge in [-0.15, -0.1) is 11.6 Å². The predicted molar refractivity (Wildman–Crippen MR) is 147 cm³/mol. The molecule has 3 fully saturated rings. The van der Waals surface area contributed by atoms with Gasteiger partial charge in [-0.05, 0) is 66.1 Å². The number of fused-ring (bicyclic) bond motifs is 5. The van der Waals surface area contributed by atoms with Gasteiger partial charge in [-0.3, -0.25) is 19.2 Å². The molecule has 0 aliphatic heterocycles. The molecule has 4 rings (SSSR count). The molecule has 236 valence electrons. The number of halogens is 8. The van der Waals surface area contributed by atoms with E-state index in [-0.39, 0.29) is 35.7 Å². The van der Waals surface area contributed by atoms with Crippen molar-refractivity contribution < 1.29 is 55.7 Å². The SMILES string of the molecule is CC(=O)OCC(=O)[C@@]1(OC(C)=O)CC[C@H]2[C@@H]3C[C@@H](F)C4=CC(=O)C(Br)=C[C@]4(C)[C@@]3(F)[C@@H](O)C[C@@]21C.FC(F)(F)C(Cl)Br. The second-order valence-corrected chi connectivity index (χ2v) is 14.2. The third-order valence-electron chi connectivity index (χ3n) is 9.23. The Morgan fingerprint density at radius 1 is 1.19 bits per heavy atom. The molecule has 7 nitrogen and oxygen atoms in total. The number of carbonyl (C=O) groups excluding carboxylic acids is 4. The lowest BCUT2D eigenvalue weighted by atomic mass is 9.44. The third kappa shape index (κ3) is 5.62. The van der Waals surface area contributed by atoms with Crippen molar-refractivity contribution in [3.8, 4) is 0 Å². The smallest absolute Gasteiger partial charge is 0.414 e. The van der Waals surface area contributed by atoms with E-state index in [4.69, 9.17) is 9.47 Å². The van der Waals surface area contributed by atoms with Crippen LogP contribution >= 0.6 is 43.5 Å². The molecule has 9 atom stereocenters. The molecule has 0 aromatic carbocycles. The summed E-state index contributed by atoms with van der Waals surface area (Å²) >= 11 is 9.83. The van der Waals surface area contributed by atoms with E-state index in [1.54, 1.807) is 6.92 Å². The van der Waals surface area contributed by atoms with Gasteiger partial charge in [0.15, 0.2) is 27.9 Å². The van der Waals surface area contributed by atoms with Gasteiger partial charge in [0, 0.05) is 30.6 Å². The maximum absolute atomic E-state index is 17.3. The van der Waals surface area contributed by atoms with E-state index in [9.17, 15) is 37.5 Å². The van der Waals surface area contributed by atoms with Gasteiger partial charge < -0.3 is 14.6 Å². The summed E-state index contributed by atoms with van der Waals surface area (Å²) in [6.45, 7) is 4.79. The fraction of sp³-hybridized carbons (Fsp3) is 0.704. The Bertz CT molecular complexity index is 1230. The van der Waals surface area contributed by atoms with Crippen LogP contribution in [0.1, 0.15) is 53.4 Å². The largest absolute Gasteiger partial charge is 0.458 e. The minimum Gasteiger partial charge on any atom is -0.458 e. The highest BCUT2D eigenvalue weighted by Crippen LogP contribution is 2.71. The van der Waals surface area contributed by atoms with E-state index in [0.717, 1.165) is 19.9 Å². The van der Waals surface area contributed by atoms with Crippen molar-refractivity contribution >= 4 is 67.0 Å². The van der Waals surface area contributed by atoms with Gasteiger partial charge in [0.05, 0.1) is 10.6 Å². The van der Waals surface area contributed by atoms with Crippen molar-refractivity contribution in [3.05, 3.63) is 22.2 Å². The normalized spacial score (nSPS) is 39.7. The fourth-order valence-electron chi connectivity index (χ4n) is 7.46. The zero-order valence-electron chi connectivity index (χ0n) is 23.0. The van der Waals surface area contributed by atoms with E-state index >= 15 is 8.78 Å². The van der Waals surface area contributed by atoms with Gasteiger partial charge in [0.1, 0.15) is 6.17 Å². The molecule has 15 heteroatoms. The number of ketones is 2. The lowest BCUT2D eigenvalue weighted by molar-refractivity contribution is -0.228. The van der Waals surface area contributed by atoms with Crippen LogP contribution in [0.5, 0.6) is 0 Å². The Morgan fingerprint density at radius 2 is 1.76 bits per heavy atom. The molecule has 42 heavy (non-hydrogen) atoms. The van der Waals surface area contributed by atoms with Crippen LogP contribution in [0.2, 0.25) is 0 Å². The van der Waals surface area contributed by atoms with Crippen molar-refractivity contribution in [3.63, 3.8) is 0 Å². The van der Waals surface area contributed by atoms with Crippen LogP contribution in [0.25, 0.3) is 0 Å². The van der Waals surface area contributed by atoms with E-state index in [1.165, 1.54) is 13.0 Å². The molecular formula is C27H30Br2ClF5O7. The summed E-state index contributed by atoms with van der Waals surface area (Å²) in [4.78, 5) is 49.1. The summed E-state index contributed by atoms with van der Waals surface area (Å²) in [6, 6.07) is 0. The average Bonchev–Trinajstić information content (AvgIpc) is 3.13. The van der Waals surface area contributed by atoms with Gasteiger partial charge >= 0.3 is 18.1 Å². The van der Waals surface area contributed by atoms with Crippen LogP contribution in [0, 0.1) is 22.7 Å². The lowest BCUT2D eigenvalue weighted by Gasteiger charge is -2.63. The number of hydrogen-bond donors (Lipinski definition) is 1. The zero-order chi connectivity index (χ0) is 32.2. The lowest BCUT2D eigenvalue weighted by Crippen LogP contribution is -2.70. The molecule has 0 amide bonds. The Morgan fingerprint density at radius 3 is 2.26 bits per heavy atom. The van der Waals surface area contributed by atoms with Crippen molar-refractivity contribution in [2.75, 3.05) is 6.61 Å². The highest BCUT2D eigenvalue weighted by molar-refractivity contribution is 9.12. The molecule has 0 aromatic rings. The molecule has 4 aliphatic rings. The van der Waals surface area contributed by atoms with Crippen molar-refractivity contribution in [2.24, 2.45) is 22.7 Å². The first kappa shape index (κ1) is 35.1. The van der Waals surface area contributed by atoms with Crippen LogP contribution in [0.3, 0.4) is 0 Å². The third-order valence-corrected chi connectivity index (χ3v) is 10.6. The Hall–Kier alpha value is -1.38. The highest BCUT2D eigenvalue weighted by atomic mass is 79.9. The number of aliphatic hydroxyl groups is 1. The van der Waals surface area contributed by atoms with E-state index in [2.05, 4.69) is 43.5 Å². The van der Waals surface area contributed by atoms with Gasteiger partial charge in [-0.2, -0.15) is 13.2 Å². The minimum absolute atomic E-state index is 0.0118. The van der Waals surface area contributed by atoms with Crippen LogP contribution in [0.15, 0.2) is 22.2 Å². The quantitative estimate of drug-likeness (QED) is 0.214. The first-order valence-corrected chi connectivity index (χ1v) is 15.1. The summed E-state index contributed by atoms with van der Waals surface area (Å²) in [5.74, 6) is -4.21. The molecule has 1 N–H and O–H groups in total. The number of Topliss-reactive ketones (excluding diaryl/α,β-unsaturated/α-hetero) is 1. The number of esters is 2. The van der Waals surface area contributed by atoms with Crippen molar-refractivity contribution in [1.29, 1.82) is 0 Å². The molecule has 1 unspecified atom stereocenters. The number of hydrogen-bond acceptors (Lipinski definition) is 7. The van der Waals surface area contributed by atoms with Crippen LogP contribution in [-0.2, 0) is 28.7 Å². The molecule has 0 radical (unpaired) electrons. The molecule has 0 bridgehead atoms. The predicted octanol–water partition coefficient (Wildman–Crippen LogP) is 5.97. The second-order valence-electron chi connectivity index (χ2n) is 11.5. The van der Waals surface area contributed by atoms with Gasteiger partial charge in [-0.1, -0.05) is 28.9 Å². The van der Waals surface area contributed by atoms with E-state index < -0.39 is 86.8 Å². The van der Waals surface area contributed by atoms with Gasteiger partial charge in [-0.25, -0.2) is 8.78 Å². The van der Waals surface area contributed by atoms with Crippen molar-refractivity contribution in [2.45, 2.75) is 87.4 Å². The zero-order valence-corrected chi connectivity index (χ0v) is 26.9. The first-order valence-electron chi connectivity index (χ1n) is 13.0. The summed E-state index contributed by atoms with van der Waals surface area (Å²) in [7, 11) is 0. The maximum Gasteiger partial charge on any atom is 0.414 e. The fourth-order valence-corrected chi connectivity index (χ4v) is 8.03. The maximum atomic E-state index is 17.3. The summed E-state index contributed by atoms with van der Waals surface area (Å²) in [5.41, 5.74) is -6.95. The van der Waals surface area contributed by atoms with Gasteiger partial charge in [0.2, 0.25) is 5.78 Å². The van der Waals surface area contributed by atoms with E-state index in [0.29, 0.717) is 0 Å². The molecule has 0 spiro atoms. The van der Waals surface area contributed by atoms with Gasteiger partial charge in [0.25, 0.3) is 0 Å². The summed E-state index contributed by atoms with van der Waals surface area (Å²) in [5, 5.41) is 11.4. The van der Waals surface area contributed by atoms with Crippen LogP contribution < -0.4 is 0 Å².